The summed E-state index contributed by atoms with van der Waals surface area (Å²) < 4.78 is 0. The lowest BCUT2D eigenvalue weighted by Crippen LogP contribution is -2.50. The van der Waals surface area contributed by atoms with Crippen LogP contribution in [-0.4, -0.2) is 36.5 Å². The third-order valence-corrected chi connectivity index (χ3v) is 3.18. The Balaban J connectivity index is 2.58. The summed E-state index contributed by atoms with van der Waals surface area (Å²) in [5.74, 6) is 0.263. The molecule has 3 heteroatoms. The van der Waals surface area contributed by atoms with Gasteiger partial charge in [-0.3, -0.25) is 4.79 Å². The van der Waals surface area contributed by atoms with Crippen molar-refractivity contribution in [3.8, 4) is 0 Å². The Morgan fingerprint density at radius 3 is 2.86 bits per heavy atom. The van der Waals surface area contributed by atoms with E-state index in [1.54, 1.807) is 0 Å². The number of carbonyl (C=O) groups excluding carboxylic acids is 1. The Kier molecular flexibility index (Phi) is 4.39. The Labute approximate surface area is 86.9 Å². The molecule has 1 N–H and O–H groups in total. The molecule has 0 aliphatic carbocycles. The summed E-state index contributed by atoms with van der Waals surface area (Å²) in [4.78, 5) is 14.0. The van der Waals surface area contributed by atoms with Crippen LogP contribution in [0.25, 0.3) is 0 Å². The first-order chi connectivity index (χ1) is 6.70. The Bertz CT molecular complexity index is 194. The monoisotopic (exact) mass is 198 g/mol. The van der Waals surface area contributed by atoms with Gasteiger partial charge in [0, 0.05) is 12.6 Å². The normalized spacial score (nSPS) is 24.8. The van der Waals surface area contributed by atoms with Crippen LogP contribution in [0.2, 0.25) is 0 Å². The number of hydrogen-bond acceptors (Lipinski definition) is 2. The van der Waals surface area contributed by atoms with Gasteiger partial charge in [0.1, 0.15) is 0 Å². The molecule has 1 heterocycles. The summed E-state index contributed by atoms with van der Waals surface area (Å²) in [6, 6.07) is 0.439. The Morgan fingerprint density at radius 1 is 1.57 bits per heavy atom. The number of rotatable bonds is 3. The van der Waals surface area contributed by atoms with Gasteiger partial charge in [0.25, 0.3) is 0 Å². The second-order valence-corrected chi connectivity index (χ2v) is 4.10. The molecule has 0 spiro atoms. The van der Waals surface area contributed by atoms with Crippen molar-refractivity contribution >= 4 is 5.91 Å². The van der Waals surface area contributed by atoms with Gasteiger partial charge >= 0.3 is 0 Å². The van der Waals surface area contributed by atoms with Crippen molar-refractivity contribution in [3.63, 3.8) is 0 Å². The van der Waals surface area contributed by atoms with Gasteiger partial charge < -0.3 is 10.2 Å². The molecule has 0 radical (unpaired) electrons. The van der Waals surface area contributed by atoms with Crippen LogP contribution in [0, 0.1) is 0 Å². The van der Waals surface area contributed by atoms with Gasteiger partial charge in [-0.1, -0.05) is 6.92 Å². The van der Waals surface area contributed by atoms with E-state index in [4.69, 9.17) is 0 Å². The van der Waals surface area contributed by atoms with Crippen LogP contribution in [0.15, 0.2) is 0 Å². The number of hydrogen-bond donors (Lipinski definition) is 1. The minimum absolute atomic E-state index is 0.0397. The molecule has 1 aliphatic rings. The van der Waals surface area contributed by atoms with E-state index in [1.165, 1.54) is 19.3 Å². The SMILES string of the molecule is CCC1CCCCN1C(=O)C(C)NC. The molecule has 1 aliphatic heterocycles. The summed E-state index contributed by atoms with van der Waals surface area (Å²) in [6.07, 6.45) is 4.70. The van der Waals surface area contributed by atoms with E-state index in [2.05, 4.69) is 17.1 Å². The van der Waals surface area contributed by atoms with Crippen molar-refractivity contribution in [3.05, 3.63) is 0 Å². The van der Waals surface area contributed by atoms with Gasteiger partial charge in [-0.05, 0) is 39.7 Å². The summed E-state index contributed by atoms with van der Waals surface area (Å²) >= 11 is 0. The average molecular weight is 198 g/mol. The smallest absolute Gasteiger partial charge is 0.239 e. The predicted molar refractivity (Wildman–Crippen MR) is 58.2 cm³/mol. The lowest BCUT2D eigenvalue weighted by molar-refractivity contribution is -0.136. The minimum Gasteiger partial charge on any atom is -0.338 e. The van der Waals surface area contributed by atoms with Gasteiger partial charge in [-0.15, -0.1) is 0 Å². The highest BCUT2D eigenvalue weighted by molar-refractivity contribution is 5.81. The number of amides is 1. The number of piperidine rings is 1. The van der Waals surface area contributed by atoms with Crippen molar-refractivity contribution < 1.29 is 4.79 Å². The van der Waals surface area contributed by atoms with Crippen LogP contribution < -0.4 is 5.32 Å². The quantitative estimate of drug-likeness (QED) is 0.743. The van der Waals surface area contributed by atoms with Crippen molar-refractivity contribution in [2.75, 3.05) is 13.6 Å². The van der Waals surface area contributed by atoms with Gasteiger partial charge in [-0.25, -0.2) is 0 Å². The summed E-state index contributed by atoms with van der Waals surface area (Å²) in [6.45, 7) is 5.05. The van der Waals surface area contributed by atoms with E-state index in [0.29, 0.717) is 6.04 Å². The zero-order chi connectivity index (χ0) is 10.6. The second-order valence-electron chi connectivity index (χ2n) is 4.10. The first kappa shape index (κ1) is 11.5. The summed E-state index contributed by atoms with van der Waals surface area (Å²) in [7, 11) is 1.84. The fourth-order valence-corrected chi connectivity index (χ4v) is 2.09. The zero-order valence-corrected chi connectivity index (χ0v) is 9.55. The number of carbonyl (C=O) groups is 1. The molecule has 0 aromatic carbocycles. The maximum Gasteiger partial charge on any atom is 0.239 e. The molecule has 1 fully saturated rings. The standard InChI is InChI=1S/C11H22N2O/c1-4-10-7-5-6-8-13(10)11(14)9(2)12-3/h9-10,12H,4-8H2,1-3H3. The molecule has 0 bridgehead atoms. The van der Waals surface area contributed by atoms with Crippen molar-refractivity contribution in [2.24, 2.45) is 0 Å². The molecule has 14 heavy (non-hydrogen) atoms. The summed E-state index contributed by atoms with van der Waals surface area (Å²) in [5, 5.41) is 3.02. The van der Waals surface area contributed by atoms with Crippen LogP contribution in [0.1, 0.15) is 39.5 Å². The molecule has 1 saturated heterocycles. The highest BCUT2D eigenvalue weighted by Crippen LogP contribution is 2.20. The predicted octanol–water partition coefficient (Wildman–Crippen LogP) is 1.39. The molecule has 1 rings (SSSR count). The van der Waals surface area contributed by atoms with Crippen LogP contribution in [-0.2, 0) is 4.79 Å². The lowest BCUT2D eigenvalue weighted by Gasteiger charge is -2.36. The number of likely N-dealkylation sites (N-methyl/N-ethyl adjacent to an activating group) is 1. The van der Waals surface area contributed by atoms with E-state index >= 15 is 0 Å². The molecular formula is C11H22N2O. The van der Waals surface area contributed by atoms with Crippen LogP contribution in [0.3, 0.4) is 0 Å². The van der Waals surface area contributed by atoms with Gasteiger partial charge in [0.15, 0.2) is 0 Å². The number of nitrogens with zero attached hydrogens (tertiary/aromatic N) is 1. The van der Waals surface area contributed by atoms with Gasteiger partial charge in [0.05, 0.1) is 6.04 Å². The molecule has 0 aromatic heterocycles. The zero-order valence-electron chi connectivity index (χ0n) is 9.55. The van der Waals surface area contributed by atoms with Crippen molar-refractivity contribution in [2.45, 2.75) is 51.6 Å². The molecule has 2 atom stereocenters. The van der Waals surface area contributed by atoms with E-state index in [9.17, 15) is 4.79 Å². The fraction of sp³-hybridized carbons (Fsp3) is 0.909. The highest BCUT2D eigenvalue weighted by atomic mass is 16.2. The first-order valence-electron chi connectivity index (χ1n) is 5.68. The molecule has 0 saturated carbocycles. The molecule has 0 aromatic rings. The number of nitrogens with one attached hydrogen (secondary N) is 1. The van der Waals surface area contributed by atoms with Crippen LogP contribution >= 0.6 is 0 Å². The van der Waals surface area contributed by atoms with E-state index in [-0.39, 0.29) is 11.9 Å². The largest absolute Gasteiger partial charge is 0.338 e. The molecule has 2 unspecified atom stereocenters. The van der Waals surface area contributed by atoms with Crippen molar-refractivity contribution in [1.82, 2.24) is 10.2 Å². The summed E-state index contributed by atoms with van der Waals surface area (Å²) in [5.41, 5.74) is 0. The third kappa shape index (κ3) is 2.47. The molecular weight excluding hydrogens is 176 g/mol. The van der Waals surface area contributed by atoms with Crippen molar-refractivity contribution in [1.29, 1.82) is 0 Å². The van der Waals surface area contributed by atoms with Crippen LogP contribution in [0.4, 0.5) is 0 Å². The number of likely N-dealkylation sites (tertiary alicyclic amines) is 1. The van der Waals surface area contributed by atoms with Crippen LogP contribution in [0.5, 0.6) is 0 Å². The first-order valence-corrected chi connectivity index (χ1v) is 5.68. The average Bonchev–Trinajstić information content (AvgIpc) is 2.26. The maximum atomic E-state index is 12.0. The molecule has 1 amide bonds. The van der Waals surface area contributed by atoms with E-state index in [1.807, 2.05) is 14.0 Å². The Morgan fingerprint density at radius 2 is 2.29 bits per heavy atom. The minimum atomic E-state index is -0.0397. The lowest BCUT2D eigenvalue weighted by atomic mass is 9.99. The van der Waals surface area contributed by atoms with E-state index in [0.717, 1.165) is 13.0 Å². The second kappa shape index (κ2) is 5.35. The molecule has 82 valence electrons. The molecule has 3 nitrogen and oxygen atoms in total. The third-order valence-electron chi connectivity index (χ3n) is 3.18. The van der Waals surface area contributed by atoms with Gasteiger partial charge in [-0.2, -0.15) is 0 Å². The maximum absolute atomic E-state index is 12.0. The Hall–Kier alpha value is -0.570. The fourth-order valence-electron chi connectivity index (χ4n) is 2.09. The van der Waals surface area contributed by atoms with Gasteiger partial charge in [0.2, 0.25) is 5.91 Å². The topological polar surface area (TPSA) is 32.3 Å². The van der Waals surface area contributed by atoms with E-state index < -0.39 is 0 Å². The highest BCUT2D eigenvalue weighted by Gasteiger charge is 2.27.